The van der Waals surface area contributed by atoms with E-state index in [9.17, 15) is 15.3 Å². The van der Waals surface area contributed by atoms with E-state index >= 15 is 0 Å². The maximum atomic E-state index is 9.97. The first kappa shape index (κ1) is 13.2. The highest BCUT2D eigenvalue weighted by atomic mass is 16.5. The highest BCUT2D eigenvalue weighted by molar-refractivity contribution is 5.85. The van der Waals surface area contributed by atoms with Gasteiger partial charge in [0.2, 0.25) is 5.75 Å². The van der Waals surface area contributed by atoms with Crippen molar-refractivity contribution >= 4 is 11.0 Å². The predicted molar refractivity (Wildman–Crippen MR) is 77.9 cm³/mol. The van der Waals surface area contributed by atoms with Crippen molar-refractivity contribution in [2.45, 2.75) is 6.92 Å². The Morgan fingerprint density at radius 1 is 1.00 bits per heavy atom. The van der Waals surface area contributed by atoms with Gasteiger partial charge in [0, 0.05) is 22.6 Å². The van der Waals surface area contributed by atoms with Crippen LogP contribution in [0.25, 0.3) is 22.3 Å². The zero-order chi connectivity index (χ0) is 15.1. The minimum Gasteiger partial charge on any atom is -0.508 e. The van der Waals surface area contributed by atoms with Crippen LogP contribution in [0, 0.1) is 6.92 Å². The topological polar surface area (TPSA) is 83.1 Å². The molecule has 0 radical (unpaired) electrons. The van der Waals surface area contributed by atoms with Crippen LogP contribution in [-0.2, 0) is 0 Å². The normalized spacial score (nSPS) is 11.0. The lowest BCUT2D eigenvalue weighted by atomic mass is 10.0. The molecule has 0 amide bonds. The first-order valence-electron chi connectivity index (χ1n) is 6.33. The molecular formula is C16H14O5. The molecule has 108 valence electrons. The van der Waals surface area contributed by atoms with E-state index in [1.54, 1.807) is 31.2 Å². The van der Waals surface area contributed by atoms with Crippen molar-refractivity contribution in [3.63, 3.8) is 0 Å². The summed E-state index contributed by atoms with van der Waals surface area (Å²) in [6.07, 6.45) is 0. The second kappa shape index (κ2) is 4.63. The number of ether oxygens (including phenoxy) is 1. The maximum absolute atomic E-state index is 9.97. The molecule has 0 saturated heterocycles. The Balaban J connectivity index is 2.24. The lowest BCUT2D eigenvalue weighted by Gasteiger charge is -2.11. The molecular weight excluding hydrogens is 272 g/mol. The molecule has 3 N–H and O–H groups in total. The number of furan rings is 1. The first-order chi connectivity index (χ1) is 10.0. The van der Waals surface area contributed by atoms with Crippen LogP contribution in [-0.4, -0.2) is 22.4 Å². The van der Waals surface area contributed by atoms with Gasteiger partial charge in [-0.3, -0.25) is 0 Å². The molecule has 1 aromatic heterocycles. The van der Waals surface area contributed by atoms with E-state index in [-0.39, 0.29) is 23.0 Å². The molecule has 3 aromatic rings. The summed E-state index contributed by atoms with van der Waals surface area (Å²) in [7, 11) is 1.41. The highest BCUT2D eigenvalue weighted by Crippen LogP contribution is 2.44. The number of methoxy groups -OCH3 is 1. The Morgan fingerprint density at radius 3 is 2.48 bits per heavy atom. The van der Waals surface area contributed by atoms with Gasteiger partial charge in [0.05, 0.1) is 7.11 Å². The fraction of sp³-hybridized carbons (Fsp3) is 0.125. The molecule has 5 nitrogen and oxygen atoms in total. The summed E-state index contributed by atoms with van der Waals surface area (Å²) in [4.78, 5) is 0. The van der Waals surface area contributed by atoms with Crippen molar-refractivity contribution in [1.29, 1.82) is 0 Å². The molecule has 3 rings (SSSR count). The van der Waals surface area contributed by atoms with Crippen LogP contribution >= 0.6 is 0 Å². The second-order valence-electron chi connectivity index (χ2n) is 4.78. The lowest BCUT2D eigenvalue weighted by Crippen LogP contribution is -1.89. The molecule has 0 bridgehead atoms. The van der Waals surface area contributed by atoms with Gasteiger partial charge >= 0.3 is 0 Å². The standard InChI is InChI=1S/C16H14O5/c1-8-11(7-14(20-2)16(19)15(8)18)13-5-9-3-4-10(17)6-12(9)21-13/h3-7,17-19H,1-2H3. The van der Waals surface area contributed by atoms with Gasteiger partial charge in [-0.05, 0) is 31.2 Å². The van der Waals surface area contributed by atoms with Gasteiger partial charge in [0.25, 0.3) is 0 Å². The van der Waals surface area contributed by atoms with Gasteiger partial charge in [-0.25, -0.2) is 0 Å². The van der Waals surface area contributed by atoms with Crippen LogP contribution in [0.15, 0.2) is 34.7 Å². The molecule has 2 aromatic carbocycles. The summed E-state index contributed by atoms with van der Waals surface area (Å²) in [5.74, 6) is 0.254. The fourth-order valence-corrected chi connectivity index (χ4v) is 2.29. The summed E-state index contributed by atoms with van der Waals surface area (Å²) >= 11 is 0. The monoisotopic (exact) mass is 286 g/mol. The van der Waals surface area contributed by atoms with E-state index in [2.05, 4.69) is 0 Å². The van der Waals surface area contributed by atoms with E-state index in [0.29, 0.717) is 22.5 Å². The van der Waals surface area contributed by atoms with Gasteiger partial charge in [-0.15, -0.1) is 0 Å². The Labute approximate surface area is 120 Å². The molecule has 0 aliphatic heterocycles. The molecule has 0 unspecified atom stereocenters. The summed E-state index contributed by atoms with van der Waals surface area (Å²) < 4.78 is 10.7. The molecule has 0 spiro atoms. The molecule has 21 heavy (non-hydrogen) atoms. The van der Waals surface area contributed by atoms with Crippen LogP contribution in [0.1, 0.15) is 5.56 Å². The summed E-state index contributed by atoms with van der Waals surface area (Å²) in [5.41, 5.74) is 1.63. The zero-order valence-corrected chi connectivity index (χ0v) is 11.5. The molecule has 0 saturated carbocycles. The van der Waals surface area contributed by atoms with Crippen molar-refractivity contribution in [1.82, 2.24) is 0 Å². The second-order valence-corrected chi connectivity index (χ2v) is 4.78. The van der Waals surface area contributed by atoms with Crippen molar-refractivity contribution < 1.29 is 24.5 Å². The van der Waals surface area contributed by atoms with E-state index < -0.39 is 0 Å². The zero-order valence-electron chi connectivity index (χ0n) is 11.5. The van der Waals surface area contributed by atoms with Gasteiger partial charge in [-0.2, -0.15) is 0 Å². The van der Waals surface area contributed by atoms with E-state index in [1.165, 1.54) is 13.2 Å². The molecule has 5 heteroatoms. The molecule has 0 aliphatic carbocycles. The van der Waals surface area contributed by atoms with Crippen molar-refractivity contribution in [2.24, 2.45) is 0 Å². The minimum atomic E-state index is -0.299. The van der Waals surface area contributed by atoms with Crippen LogP contribution in [0.4, 0.5) is 0 Å². The Bertz CT molecular complexity index is 832. The number of hydrogen-bond donors (Lipinski definition) is 3. The SMILES string of the molecule is COc1cc(-c2cc3ccc(O)cc3o2)c(C)c(O)c1O. The number of fused-ring (bicyclic) bond motifs is 1. The van der Waals surface area contributed by atoms with E-state index in [4.69, 9.17) is 9.15 Å². The summed E-state index contributed by atoms with van der Waals surface area (Å²) in [6, 6.07) is 8.23. The third kappa shape index (κ3) is 2.03. The number of rotatable bonds is 2. The third-order valence-electron chi connectivity index (χ3n) is 3.48. The van der Waals surface area contributed by atoms with Crippen LogP contribution in [0.2, 0.25) is 0 Å². The minimum absolute atomic E-state index is 0.117. The van der Waals surface area contributed by atoms with Gasteiger partial charge in [0.1, 0.15) is 17.1 Å². The fourth-order valence-electron chi connectivity index (χ4n) is 2.29. The number of benzene rings is 2. The average Bonchev–Trinajstić information content (AvgIpc) is 2.88. The first-order valence-corrected chi connectivity index (χ1v) is 6.33. The van der Waals surface area contributed by atoms with Gasteiger partial charge in [-0.1, -0.05) is 0 Å². The number of phenols is 3. The molecule has 1 heterocycles. The van der Waals surface area contributed by atoms with Crippen molar-refractivity contribution in [3.05, 3.63) is 35.9 Å². The number of aromatic hydroxyl groups is 3. The Morgan fingerprint density at radius 2 is 1.76 bits per heavy atom. The van der Waals surface area contributed by atoms with Gasteiger partial charge < -0.3 is 24.5 Å². The van der Waals surface area contributed by atoms with Crippen LogP contribution < -0.4 is 4.74 Å². The van der Waals surface area contributed by atoms with Crippen molar-refractivity contribution in [3.8, 4) is 34.3 Å². The van der Waals surface area contributed by atoms with Crippen LogP contribution in [0.5, 0.6) is 23.0 Å². The maximum Gasteiger partial charge on any atom is 0.200 e. The Hall–Kier alpha value is -2.82. The summed E-state index contributed by atoms with van der Waals surface area (Å²) in [6.45, 7) is 1.68. The summed E-state index contributed by atoms with van der Waals surface area (Å²) in [5, 5.41) is 30.1. The smallest absolute Gasteiger partial charge is 0.200 e. The predicted octanol–water partition coefficient (Wildman–Crippen LogP) is 3.53. The third-order valence-corrected chi connectivity index (χ3v) is 3.48. The number of hydrogen-bond acceptors (Lipinski definition) is 5. The van der Waals surface area contributed by atoms with E-state index in [0.717, 1.165) is 5.39 Å². The molecule has 0 aliphatic rings. The number of phenolic OH excluding ortho intramolecular Hbond substituents is 3. The molecule has 0 fully saturated rings. The molecule has 0 atom stereocenters. The Kier molecular flexibility index (Phi) is 2.90. The highest BCUT2D eigenvalue weighted by Gasteiger charge is 2.18. The lowest BCUT2D eigenvalue weighted by molar-refractivity contribution is 0.350. The van der Waals surface area contributed by atoms with E-state index in [1.807, 2.05) is 0 Å². The quantitative estimate of drug-likeness (QED) is 0.628. The van der Waals surface area contributed by atoms with Gasteiger partial charge in [0.15, 0.2) is 11.5 Å². The average molecular weight is 286 g/mol. The van der Waals surface area contributed by atoms with Crippen LogP contribution in [0.3, 0.4) is 0 Å². The van der Waals surface area contributed by atoms with Crippen molar-refractivity contribution in [2.75, 3.05) is 7.11 Å². The largest absolute Gasteiger partial charge is 0.508 e.